The van der Waals surface area contributed by atoms with Gasteiger partial charge in [0.05, 0.1) is 0 Å². The number of esters is 2. The molecule has 0 spiro atoms. The van der Waals surface area contributed by atoms with Gasteiger partial charge in [0, 0.05) is 64.8 Å². The third-order valence-electron chi connectivity index (χ3n) is 8.15. The average molecular weight is 636 g/mol. The Morgan fingerprint density at radius 3 is 1.71 bits per heavy atom. The molecule has 45 heavy (non-hydrogen) atoms. The van der Waals surface area contributed by atoms with Gasteiger partial charge in [0.15, 0.2) is 6.10 Å². The zero-order valence-electron chi connectivity index (χ0n) is 28.8. The number of amides is 3. The van der Waals surface area contributed by atoms with E-state index < -0.39 is 29.4 Å². The Morgan fingerprint density at radius 1 is 0.711 bits per heavy atom. The van der Waals surface area contributed by atoms with E-state index in [1.165, 1.54) is 84.5 Å². The lowest BCUT2D eigenvalue weighted by atomic mass is 9.86. The van der Waals surface area contributed by atoms with Crippen molar-refractivity contribution in [2.45, 2.75) is 137 Å². The summed E-state index contributed by atoms with van der Waals surface area (Å²) >= 11 is 0. The Balaban J connectivity index is 2.19. The highest BCUT2D eigenvalue weighted by molar-refractivity contribution is 5.85. The molecule has 1 atom stereocenters. The number of ether oxygens (including phenoxy) is 2. The Kier molecular flexibility index (Phi) is 20.9. The zero-order valence-corrected chi connectivity index (χ0v) is 28.8. The van der Waals surface area contributed by atoms with Crippen molar-refractivity contribution in [1.82, 2.24) is 15.1 Å². The summed E-state index contributed by atoms with van der Waals surface area (Å²) in [4.78, 5) is 64.6. The monoisotopic (exact) mass is 635 g/mol. The van der Waals surface area contributed by atoms with Gasteiger partial charge >= 0.3 is 11.9 Å². The molecular weight excluding hydrogens is 574 g/mol. The lowest BCUT2D eigenvalue weighted by Gasteiger charge is -2.35. The number of nitrogens with zero attached hydrogens (tertiary/aromatic N) is 2. The largest absolute Gasteiger partial charge is 0.465 e. The van der Waals surface area contributed by atoms with Gasteiger partial charge in [0.2, 0.25) is 11.8 Å². The lowest BCUT2D eigenvalue weighted by Crippen LogP contribution is -2.51. The van der Waals surface area contributed by atoms with E-state index in [1.807, 2.05) is 4.90 Å². The summed E-state index contributed by atoms with van der Waals surface area (Å²) in [5, 5.41) is 2.67. The number of carbonyl (C=O) groups excluding carboxylic acids is 5. The number of carbonyl (C=O) groups is 5. The van der Waals surface area contributed by atoms with Crippen LogP contribution in [0.4, 0.5) is 0 Å². The first-order chi connectivity index (χ1) is 21.5. The first-order valence-electron chi connectivity index (χ1n) is 17.3. The van der Waals surface area contributed by atoms with Crippen LogP contribution in [0.25, 0.3) is 0 Å². The Hall–Kier alpha value is -2.91. The summed E-state index contributed by atoms with van der Waals surface area (Å²) in [6, 6.07) is 0. The second-order valence-corrected chi connectivity index (χ2v) is 12.9. The quantitative estimate of drug-likeness (QED) is 0.0866. The van der Waals surface area contributed by atoms with Crippen molar-refractivity contribution >= 4 is 29.7 Å². The normalized spacial score (nSPS) is 14.3. The van der Waals surface area contributed by atoms with Crippen molar-refractivity contribution in [3.8, 4) is 0 Å². The van der Waals surface area contributed by atoms with E-state index in [9.17, 15) is 24.0 Å². The fraction of sp³-hybridized carbons (Fsp3) is 0.800. The van der Waals surface area contributed by atoms with Gasteiger partial charge in [-0.1, -0.05) is 90.7 Å². The molecule has 0 saturated carbocycles. The highest BCUT2D eigenvalue weighted by Crippen LogP contribution is 2.25. The fourth-order valence-electron chi connectivity index (χ4n) is 5.34. The summed E-state index contributed by atoms with van der Waals surface area (Å²) in [5.74, 6) is -1.63. The van der Waals surface area contributed by atoms with Crippen LogP contribution in [0.15, 0.2) is 12.2 Å². The van der Waals surface area contributed by atoms with Gasteiger partial charge in [0.25, 0.3) is 5.91 Å². The van der Waals surface area contributed by atoms with Gasteiger partial charge in [-0.15, -0.1) is 0 Å². The second kappa shape index (κ2) is 23.4. The van der Waals surface area contributed by atoms with Crippen LogP contribution >= 0.6 is 0 Å². The van der Waals surface area contributed by atoms with E-state index in [-0.39, 0.29) is 31.4 Å². The lowest BCUT2D eigenvalue weighted by molar-refractivity contribution is -0.166. The minimum absolute atomic E-state index is 0.0784. The van der Waals surface area contributed by atoms with E-state index in [1.54, 1.807) is 18.7 Å². The van der Waals surface area contributed by atoms with E-state index in [2.05, 4.69) is 24.4 Å². The third-order valence-corrected chi connectivity index (χ3v) is 8.15. The molecule has 1 unspecified atom stereocenters. The van der Waals surface area contributed by atoms with Gasteiger partial charge in [0.1, 0.15) is 6.61 Å². The first-order valence-corrected chi connectivity index (χ1v) is 17.3. The number of hydrogen-bond donors (Lipinski definition) is 1. The number of unbranched alkanes of at least 4 members (excludes halogenated alkanes) is 11. The smallest absolute Gasteiger partial charge is 0.303 e. The standard InChI is InChI=1S/C35H61N3O7/c1-6-7-8-9-10-11-12-13-14-15-16-17-18-19-20-21-31(41)37-24-26-38(27-25-37)32(42)22-23-36-34(43)33(45-30(3)40)35(4,5)28-44-29(2)39/h9-10,33H,6-8,11-28H2,1-5H3,(H,36,43). The van der Waals surface area contributed by atoms with E-state index in [0.29, 0.717) is 32.6 Å². The summed E-state index contributed by atoms with van der Waals surface area (Å²) in [6.45, 7) is 9.97. The van der Waals surface area contributed by atoms with Crippen molar-refractivity contribution in [1.29, 1.82) is 0 Å². The van der Waals surface area contributed by atoms with E-state index in [4.69, 9.17) is 9.47 Å². The van der Waals surface area contributed by atoms with E-state index >= 15 is 0 Å². The van der Waals surface area contributed by atoms with E-state index in [0.717, 1.165) is 12.8 Å². The van der Waals surface area contributed by atoms with Gasteiger partial charge in [-0.05, 0) is 25.7 Å². The molecule has 0 aromatic rings. The molecule has 10 heteroatoms. The molecule has 1 N–H and O–H groups in total. The van der Waals surface area contributed by atoms with Crippen molar-refractivity contribution in [2.24, 2.45) is 5.41 Å². The van der Waals surface area contributed by atoms with Crippen LogP contribution < -0.4 is 5.32 Å². The van der Waals surface area contributed by atoms with Gasteiger partial charge in [-0.3, -0.25) is 24.0 Å². The molecule has 258 valence electrons. The van der Waals surface area contributed by atoms with Crippen LogP contribution in [0.3, 0.4) is 0 Å². The molecule has 1 rings (SSSR count). The highest BCUT2D eigenvalue weighted by atomic mass is 16.6. The molecule has 1 fully saturated rings. The second-order valence-electron chi connectivity index (χ2n) is 12.9. The number of rotatable bonds is 23. The van der Waals surface area contributed by atoms with Crippen LogP contribution in [0, 0.1) is 5.41 Å². The van der Waals surface area contributed by atoms with Crippen LogP contribution in [0.2, 0.25) is 0 Å². The predicted octanol–water partition coefficient (Wildman–Crippen LogP) is 5.72. The molecule has 3 amide bonds. The molecule has 1 heterocycles. The maximum atomic E-state index is 12.8. The van der Waals surface area contributed by atoms with Gasteiger partial charge in [-0.25, -0.2) is 0 Å². The Morgan fingerprint density at radius 2 is 1.20 bits per heavy atom. The SMILES string of the molecule is CCCCC=CCCCCCCCCCCCC(=O)N1CCN(C(=O)CCNC(=O)C(OC(C)=O)C(C)(C)COC(C)=O)CC1. The number of hydrogen-bond acceptors (Lipinski definition) is 7. The van der Waals surface area contributed by atoms with Crippen LogP contribution in [0.5, 0.6) is 0 Å². The molecular formula is C35H61N3O7. The van der Waals surface area contributed by atoms with Crippen molar-refractivity contribution < 1.29 is 33.4 Å². The topological polar surface area (TPSA) is 122 Å². The molecule has 10 nitrogen and oxygen atoms in total. The molecule has 0 aromatic carbocycles. The minimum Gasteiger partial charge on any atom is -0.465 e. The molecule has 1 aliphatic rings. The summed E-state index contributed by atoms with van der Waals surface area (Å²) in [6.07, 6.45) is 20.1. The molecule has 1 saturated heterocycles. The molecule has 0 aliphatic carbocycles. The average Bonchev–Trinajstić information content (AvgIpc) is 3.00. The maximum Gasteiger partial charge on any atom is 0.303 e. The Labute approximate surface area is 272 Å². The highest BCUT2D eigenvalue weighted by Gasteiger charge is 2.39. The zero-order chi connectivity index (χ0) is 33.5. The summed E-state index contributed by atoms with van der Waals surface area (Å²) in [7, 11) is 0. The van der Waals surface area contributed by atoms with Crippen LogP contribution in [-0.2, 0) is 33.4 Å². The van der Waals surface area contributed by atoms with Crippen molar-refractivity contribution in [3.05, 3.63) is 12.2 Å². The number of allylic oxidation sites excluding steroid dienone is 2. The maximum absolute atomic E-state index is 12.8. The molecule has 0 aromatic heterocycles. The molecule has 1 aliphatic heterocycles. The van der Waals surface area contributed by atoms with Crippen molar-refractivity contribution in [2.75, 3.05) is 39.3 Å². The molecule has 0 radical (unpaired) electrons. The van der Waals surface area contributed by atoms with Crippen LogP contribution in [-0.4, -0.2) is 84.9 Å². The fourth-order valence-corrected chi connectivity index (χ4v) is 5.34. The van der Waals surface area contributed by atoms with Crippen LogP contribution in [0.1, 0.15) is 131 Å². The first kappa shape index (κ1) is 40.1. The predicted molar refractivity (Wildman–Crippen MR) is 176 cm³/mol. The Bertz CT molecular complexity index is 926. The summed E-state index contributed by atoms with van der Waals surface area (Å²) < 4.78 is 10.3. The summed E-state index contributed by atoms with van der Waals surface area (Å²) in [5.41, 5.74) is -0.959. The third kappa shape index (κ3) is 18.6. The van der Waals surface area contributed by atoms with Crippen molar-refractivity contribution in [3.63, 3.8) is 0 Å². The van der Waals surface area contributed by atoms with Gasteiger partial charge < -0.3 is 24.6 Å². The number of nitrogens with one attached hydrogen (secondary N) is 1. The number of piperazine rings is 1. The minimum atomic E-state index is -1.18. The molecule has 0 bridgehead atoms. The van der Waals surface area contributed by atoms with Gasteiger partial charge in [-0.2, -0.15) is 0 Å².